The number of aliphatic hydroxyl groups excluding tert-OH is 1. The number of aliphatic imine (C=N–C) groups is 1. The molecule has 0 spiro atoms. The van der Waals surface area contributed by atoms with E-state index >= 15 is 0 Å². The number of carbonyl (C=O) groups is 1. The van der Waals surface area contributed by atoms with Gasteiger partial charge in [0.25, 0.3) is 0 Å². The molecule has 7 heteroatoms. The van der Waals surface area contributed by atoms with Gasteiger partial charge in [-0.1, -0.05) is 12.2 Å². The van der Waals surface area contributed by atoms with E-state index in [2.05, 4.69) is 11.1 Å². The zero-order valence-electron chi connectivity index (χ0n) is 14.0. The van der Waals surface area contributed by atoms with Crippen molar-refractivity contribution >= 4 is 11.9 Å². The van der Waals surface area contributed by atoms with Gasteiger partial charge in [-0.2, -0.15) is 0 Å². The fourth-order valence-corrected chi connectivity index (χ4v) is 1.77. The van der Waals surface area contributed by atoms with Gasteiger partial charge in [-0.3, -0.25) is 14.7 Å². The second-order valence-electron chi connectivity index (χ2n) is 4.91. The number of allylic oxidation sites excluding steroid dienone is 2. The van der Waals surface area contributed by atoms with E-state index in [1.54, 1.807) is 11.8 Å². The van der Waals surface area contributed by atoms with E-state index in [0.717, 1.165) is 19.3 Å². The quantitative estimate of drug-likeness (QED) is 0.141. The van der Waals surface area contributed by atoms with Crippen LogP contribution in [0.5, 0.6) is 0 Å². The van der Waals surface area contributed by atoms with Gasteiger partial charge in [-0.05, 0) is 51.8 Å². The zero-order valence-corrected chi connectivity index (χ0v) is 17.1. The standard InChI is InChI=1S/C15H28N2O4.K/c1-3-4-5-6-7-9-14(19)16-12-17(10-8-11-18)13(2)15(20)21;/h3-4,13,18H,5-12H2,1-2H3,(H,16,19)(H,20,21);/q;+1/p-1/b4-3+;. The fourth-order valence-electron chi connectivity index (χ4n) is 1.77. The summed E-state index contributed by atoms with van der Waals surface area (Å²) in [5.74, 6) is -1.15. The maximum absolute atomic E-state index is 11.6. The number of nitrogens with zero attached hydrogens (tertiary/aromatic N) is 2. The second-order valence-corrected chi connectivity index (χ2v) is 4.91. The molecule has 0 aliphatic carbocycles. The minimum Gasteiger partial charge on any atom is -0.862 e. The molecule has 0 aromatic carbocycles. The minimum absolute atomic E-state index is 0. The van der Waals surface area contributed by atoms with E-state index in [0.29, 0.717) is 19.4 Å². The van der Waals surface area contributed by atoms with Gasteiger partial charge in [0.1, 0.15) is 6.04 Å². The van der Waals surface area contributed by atoms with Crippen molar-refractivity contribution in [3.8, 4) is 0 Å². The molecule has 0 saturated carbocycles. The van der Waals surface area contributed by atoms with Crippen molar-refractivity contribution in [2.45, 2.75) is 52.0 Å². The van der Waals surface area contributed by atoms with Crippen molar-refractivity contribution in [3.05, 3.63) is 12.2 Å². The van der Waals surface area contributed by atoms with E-state index in [9.17, 15) is 9.90 Å². The first kappa shape index (κ1) is 24.5. The zero-order chi connectivity index (χ0) is 16.1. The Morgan fingerprint density at radius 1 is 1.36 bits per heavy atom. The van der Waals surface area contributed by atoms with Crippen LogP contribution >= 0.6 is 0 Å². The minimum atomic E-state index is -0.957. The molecule has 0 aliphatic rings. The van der Waals surface area contributed by atoms with Crippen LogP contribution in [0.15, 0.2) is 17.1 Å². The van der Waals surface area contributed by atoms with Crippen molar-refractivity contribution in [2.75, 3.05) is 19.8 Å². The molecule has 0 aromatic heterocycles. The van der Waals surface area contributed by atoms with Crippen LogP contribution in [0.25, 0.3) is 0 Å². The van der Waals surface area contributed by atoms with Crippen LogP contribution < -0.4 is 56.5 Å². The largest absolute Gasteiger partial charge is 1.00 e. The molecule has 0 rings (SSSR count). The van der Waals surface area contributed by atoms with E-state index in [4.69, 9.17) is 10.2 Å². The summed E-state index contributed by atoms with van der Waals surface area (Å²) < 4.78 is 0. The van der Waals surface area contributed by atoms with Crippen LogP contribution in [0.1, 0.15) is 46.0 Å². The summed E-state index contributed by atoms with van der Waals surface area (Å²) in [6.45, 7) is 3.98. The molecule has 2 N–H and O–H groups in total. The van der Waals surface area contributed by atoms with Gasteiger partial charge >= 0.3 is 57.4 Å². The smallest absolute Gasteiger partial charge is 0.862 e. The molecule has 122 valence electrons. The molecule has 22 heavy (non-hydrogen) atoms. The third-order valence-corrected chi connectivity index (χ3v) is 3.18. The van der Waals surface area contributed by atoms with Gasteiger partial charge in [-0.25, -0.2) is 0 Å². The normalized spacial score (nSPS) is 13.4. The Balaban J connectivity index is 0. The Morgan fingerprint density at radius 2 is 2.05 bits per heavy atom. The first-order valence-corrected chi connectivity index (χ1v) is 7.42. The predicted molar refractivity (Wildman–Crippen MR) is 81.1 cm³/mol. The van der Waals surface area contributed by atoms with Crippen LogP contribution in [-0.4, -0.2) is 52.8 Å². The second kappa shape index (κ2) is 16.1. The average molecular weight is 338 g/mol. The summed E-state index contributed by atoms with van der Waals surface area (Å²) >= 11 is 0. The molecular weight excluding hydrogens is 311 g/mol. The van der Waals surface area contributed by atoms with Crippen LogP contribution in [0.4, 0.5) is 0 Å². The monoisotopic (exact) mass is 338 g/mol. The Bertz CT molecular complexity index is 348. The number of carboxylic acids is 1. The molecule has 0 aromatic rings. The Labute approximate surface area is 175 Å². The molecule has 0 fully saturated rings. The molecule has 1 unspecified atom stereocenters. The SMILES string of the molecule is C/C=C/CCCCC([O-])=NCN(CCCO)C(C)C(=O)O.[K+]. The number of aliphatic carboxylic acids is 1. The Hall–Kier alpha value is 0.236. The van der Waals surface area contributed by atoms with Crippen molar-refractivity contribution in [2.24, 2.45) is 4.99 Å². The van der Waals surface area contributed by atoms with Crippen LogP contribution in [0, 0.1) is 0 Å². The van der Waals surface area contributed by atoms with Crippen LogP contribution in [0.3, 0.4) is 0 Å². The van der Waals surface area contributed by atoms with E-state index in [1.165, 1.54) is 0 Å². The molecule has 0 amide bonds. The Morgan fingerprint density at radius 3 is 2.59 bits per heavy atom. The first-order chi connectivity index (χ1) is 10.0. The molecule has 0 saturated heterocycles. The average Bonchev–Trinajstić information content (AvgIpc) is 2.46. The van der Waals surface area contributed by atoms with E-state index < -0.39 is 12.0 Å². The summed E-state index contributed by atoms with van der Waals surface area (Å²) in [7, 11) is 0. The topological polar surface area (TPSA) is 96.2 Å². The maximum Gasteiger partial charge on any atom is 1.00 e. The fraction of sp³-hybridized carbons (Fsp3) is 0.733. The number of rotatable bonds is 12. The molecule has 0 bridgehead atoms. The number of hydrogen-bond donors (Lipinski definition) is 2. The van der Waals surface area contributed by atoms with Crippen LogP contribution in [-0.2, 0) is 4.79 Å². The first-order valence-electron chi connectivity index (χ1n) is 7.42. The van der Waals surface area contributed by atoms with E-state index in [-0.39, 0.29) is 70.6 Å². The predicted octanol–water partition coefficient (Wildman–Crippen LogP) is -2.00. The van der Waals surface area contributed by atoms with Gasteiger partial charge in [0, 0.05) is 13.2 Å². The summed E-state index contributed by atoms with van der Waals surface area (Å²) in [6, 6.07) is -0.720. The summed E-state index contributed by atoms with van der Waals surface area (Å²) in [6.07, 6.45) is 7.61. The molecule has 6 nitrogen and oxygen atoms in total. The van der Waals surface area contributed by atoms with Gasteiger partial charge in [0.15, 0.2) is 0 Å². The van der Waals surface area contributed by atoms with Gasteiger partial charge in [0.05, 0.1) is 6.67 Å². The van der Waals surface area contributed by atoms with E-state index in [1.807, 2.05) is 13.0 Å². The summed E-state index contributed by atoms with van der Waals surface area (Å²) in [4.78, 5) is 16.5. The van der Waals surface area contributed by atoms with Crippen molar-refractivity contribution < 1.29 is 71.5 Å². The molecule has 0 heterocycles. The van der Waals surface area contributed by atoms with Crippen LogP contribution in [0.2, 0.25) is 0 Å². The van der Waals surface area contributed by atoms with Crippen molar-refractivity contribution in [1.82, 2.24) is 4.90 Å². The van der Waals surface area contributed by atoms with Crippen molar-refractivity contribution in [3.63, 3.8) is 0 Å². The molecule has 0 aliphatic heterocycles. The third kappa shape index (κ3) is 12.7. The number of carboxylic acid groups (broad SMARTS) is 1. The van der Waals surface area contributed by atoms with Gasteiger partial charge < -0.3 is 15.3 Å². The van der Waals surface area contributed by atoms with Crippen molar-refractivity contribution in [1.29, 1.82) is 0 Å². The number of aliphatic hydroxyl groups is 1. The summed E-state index contributed by atoms with van der Waals surface area (Å²) in [5, 5.41) is 29.5. The summed E-state index contributed by atoms with van der Waals surface area (Å²) in [5.41, 5.74) is 0. The van der Waals surface area contributed by atoms with Gasteiger partial charge in [-0.15, -0.1) is 0 Å². The number of hydrogen-bond acceptors (Lipinski definition) is 5. The maximum atomic E-state index is 11.6. The Kier molecular flexibility index (Phi) is 17.9. The van der Waals surface area contributed by atoms with Gasteiger partial charge in [0.2, 0.25) is 0 Å². The molecule has 0 radical (unpaired) electrons. The third-order valence-electron chi connectivity index (χ3n) is 3.18. The molecular formula is C15H27KN2O4. The number of unbranched alkanes of at least 4 members (excludes halogenated alkanes) is 2. The molecule has 1 atom stereocenters.